The summed E-state index contributed by atoms with van der Waals surface area (Å²) in [5.74, 6) is 0.968. The van der Waals surface area contributed by atoms with Gasteiger partial charge in [-0.05, 0) is 42.5 Å². The van der Waals surface area contributed by atoms with Crippen LogP contribution in [0.2, 0.25) is 0 Å². The summed E-state index contributed by atoms with van der Waals surface area (Å²) in [5, 5.41) is 2.91. The fraction of sp³-hybridized carbons (Fsp3) is 0.0500. The largest absolute Gasteiger partial charge is 0.495 e. The van der Waals surface area contributed by atoms with Gasteiger partial charge in [0.25, 0.3) is 5.91 Å². The molecule has 0 saturated heterocycles. The Bertz CT molecular complexity index is 1110. The normalized spacial score (nSPS) is 10.7. The number of anilines is 1. The number of ether oxygens (including phenoxy) is 1. The molecule has 6 nitrogen and oxygen atoms in total. The molecular formula is C20H15BrN4O2. The molecule has 0 aliphatic carbocycles. The molecule has 0 spiro atoms. The van der Waals surface area contributed by atoms with E-state index in [2.05, 4.69) is 31.2 Å². The SMILES string of the molecule is COc1ccc(-c2cn3cccnc3n2)cc1NC(=O)c1cccc(Br)c1. The van der Waals surface area contributed by atoms with Gasteiger partial charge in [0.1, 0.15) is 5.75 Å². The van der Waals surface area contributed by atoms with Gasteiger partial charge in [0, 0.05) is 34.2 Å². The Labute approximate surface area is 164 Å². The molecule has 1 N–H and O–H groups in total. The minimum absolute atomic E-state index is 0.219. The molecule has 27 heavy (non-hydrogen) atoms. The van der Waals surface area contributed by atoms with Gasteiger partial charge < -0.3 is 10.1 Å². The molecule has 2 heterocycles. The number of nitrogens with one attached hydrogen (secondary N) is 1. The van der Waals surface area contributed by atoms with E-state index in [1.165, 1.54) is 0 Å². The van der Waals surface area contributed by atoms with Gasteiger partial charge in [0.15, 0.2) is 0 Å². The number of aromatic nitrogens is 3. The Kier molecular flexibility index (Phi) is 4.60. The van der Waals surface area contributed by atoms with Gasteiger partial charge >= 0.3 is 0 Å². The summed E-state index contributed by atoms with van der Waals surface area (Å²) < 4.78 is 8.08. The third-order valence-corrected chi connectivity index (χ3v) is 4.56. The Hall–Kier alpha value is -3.19. The van der Waals surface area contributed by atoms with Crippen LogP contribution in [0.4, 0.5) is 5.69 Å². The minimum Gasteiger partial charge on any atom is -0.495 e. The molecule has 4 rings (SSSR count). The number of hydrogen-bond donors (Lipinski definition) is 1. The van der Waals surface area contributed by atoms with E-state index in [-0.39, 0.29) is 5.91 Å². The number of carbonyl (C=O) groups is 1. The second-order valence-electron chi connectivity index (χ2n) is 5.83. The van der Waals surface area contributed by atoms with Crippen LogP contribution < -0.4 is 10.1 Å². The van der Waals surface area contributed by atoms with E-state index in [4.69, 9.17) is 4.74 Å². The van der Waals surface area contributed by atoms with Crippen molar-refractivity contribution in [2.45, 2.75) is 0 Å². The molecule has 7 heteroatoms. The first-order chi connectivity index (χ1) is 13.1. The molecule has 0 atom stereocenters. The van der Waals surface area contributed by atoms with Crippen LogP contribution in [0.1, 0.15) is 10.4 Å². The fourth-order valence-electron chi connectivity index (χ4n) is 2.76. The third-order valence-electron chi connectivity index (χ3n) is 4.07. The molecule has 4 aromatic rings. The highest BCUT2D eigenvalue weighted by Crippen LogP contribution is 2.30. The first-order valence-electron chi connectivity index (χ1n) is 8.19. The highest BCUT2D eigenvalue weighted by molar-refractivity contribution is 9.10. The first kappa shape index (κ1) is 17.2. The summed E-state index contributed by atoms with van der Waals surface area (Å²) in [5.41, 5.74) is 2.74. The summed E-state index contributed by atoms with van der Waals surface area (Å²) in [6, 6.07) is 14.6. The van der Waals surface area contributed by atoms with E-state index in [0.717, 1.165) is 15.7 Å². The van der Waals surface area contributed by atoms with Gasteiger partial charge in [-0.2, -0.15) is 0 Å². The van der Waals surface area contributed by atoms with Gasteiger partial charge in [-0.25, -0.2) is 9.97 Å². The highest BCUT2D eigenvalue weighted by Gasteiger charge is 2.13. The Morgan fingerprint density at radius 1 is 1.19 bits per heavy atom. The maximum Gasteiger partial charge on any atom is 0.255 e. The van der Waals surface area contributed by atoms with Crippen LogP contribution in [-0.4, -0.2) is 27.4 Å². The summed E-state index contributed by atoms with van der Waals surface area (Å²) in [4.78, 5) is 21.4. The standard InChI is InChI=1S/C20H15BrN4O2/c1-27-18-7-6-13(17-12-25-9-3-8-22-20(25)24-17)11-16(18)23-19(26)14-4-2-5-15(21)10-14/h2-12H,1H3,(H,23,26). The number of halogens is 1. The van der Waals surface area contributed by atoms with Crippen LogP contribution >= 0.6 is 15.9 Å². The monoisotopic (exact) mass is 422 g/mol. The maximum atomic E-state index is 12.6. The van der Waals surface area contributed by atoms with Gasteiger partial charge in [0.2, 0.25) is 5.78 Å². The maximum absolute atomic E-state index is 12.6. The van der Waals surface area contributed by atoms with Crippen molar-refractivity contribution in [3.8, 4) is 17.0 Å². The van der Waals surface area contributed by atoms with E-state index in [9.17, 15) is 4.79 Å². The van der Waals surface area contributed by atoms with Crippen molar-refractivity contribution >= 4 is 33.3 Å². The first-order valence-corrected chi connectivity index (χ1v) is 8.98. The van der Waals surface area contributed by atoms with E-state index in [1.807, 2.05) is 53.2 Å². The minimum atomic E-state index is -0.219. The van der Waals surface area contributed by atoms with E-state index < -0.39 is 0 Å². The van der Waals surface area contributed by atoms with Crippen LogP contribution in [0.25, 0.3) is 17.0 Å². The number of fused-ring (bicyclic) bond motifs is 1. The summed E-state index contributed by atoms with van der Waals surface area (Å²) in [7, 11) is 1.57. The zero-order chi connectivity index (χ0) is 18.8. The van der Waals surface area contributed by atoms with Gasteiger partial charge in [-0.1, -0.05) is 22.0 Å². The third kappa shape index (κ3) is 3.54. The quantitative estimate of drug-likeness (QED) is 0.528. The zero-order valence-corrected chi connectivity index (χ0v) is 16.0. The van der Waals surface area contributed by atoms with Crippen LogP contribution in [0.3, 0.4) is 0 Å². The summed E-state index contributed by atoms with van der Waals surface area (Å²) >= 11 is 3.38. The molecule has 0 aliphatic heterocycles. The number of rotatable bonds is 4. The van der Waals surface area contributed by atoms with Crippen LogP contribution in [0.5, 0.6) is 5.75 Å². The molecular weight excluding hydrogens is 408 g/mol. The Balaban J connectivity index is 1.69. The lowest BCUT2D eigenvalue weighted by molar-refractivity contribution is 0.102. The molecule has 134 valence electrons. The molecule has 2 aromatic carbocycles. The average Bonchev–Trinajstić information content (AvgIpc) is 3.12. The molecule has 0 unspecified atom stereocenters. The zero-order valence-electron chi connectivity index (χ0n) is 14.4. The van der Waals surface area contributed by atoms with Crippen molar-refractivity contribution in [3.05, 3.63) is 77.2 Å². The van der Waals surface area contributed by atoms with E-state index in [0.29, 0.717) is 22.8 Å². The second-order valence-corrected chi connectivity index (χ2v) is 6.75. The molecule has 0 bridgehead atoms. The smallest absolute Gasteiger partial charge is 0.255 e. The number of methoxy groups -OCH3 is 1. The number of nitrogens with zero attached hydrogens (tertiary/aromatic N) is 3. The van der Waals surface area contributed by atoms with Gasteiger partial charge in [-0.15, -0.1) is 0 Å². The molecule has 2 aromatic heterocycles. The van der Waals surface area contributed by atoms with Crippen molar-refractivity contribution in [3.63, 3.8) is 0 Å². The fourth-order valence-corrected chi connectivity index (χ4v) is 3.16. The molecule has 0 radical (unpaired) electrons. The van der Waals surface area contributed by atoms with Crippen molar-refractivity contribution in [1.29, 1.82) is 0 Å². The lowest BCUT2D eigenvalue weighted by atomic mass is 10.1. The van der Waals surface area contributed by atoms with Crippen molar-refractivity contribution < 1.29 is 9.53 Å². The van der Waals surface area contributed by atoms with Gasteiger partial charge in [-0.3, -0.25) is 9.20 Å². The van der Waals surface area contributed by atoms with Crippen molar-refractivity contribution in [1.82, 2.24) is 14.4 Å². The highest BCUT2D eigenvalue weighted by atomic mass is 79.9. The van der Waals surface area contributed by atoms with Crippen LogP contribution in [0, 0.1) is 0 Å². The predicted molar refractivity (Wildman–Crippen MR) is 107 cm³/mol. The Morgan fingerprint density at radius 2 is 2.07 bits per heavy atom. The lowest BCUT2D eigenvalue weighted by Gasteiger charge is -2.12. The predicted octanol–water partition coefficient (Wildman–Crippen LogP) is 4.42. The molecule has 1 amide bonds. The number of imidazole rings is 1. The summed E-state index contributed by atoms with van der Waals surface area (Å²) in [6.07, 6.45) is 5.48. The number of carbonyl (C=O) groups excluding carboxylic acids is 1. The van der Waals surface area contributed by atoms with Crippen molar-refractivity contribution in [2.24, 2.45) is 0 Å². The topological polar surface area (TPSA) is 68.5 Å². The average molecular weight is 423 g/mol. The van der Waals surface area contributed by atoms with E-state index in [1.54, 1.807) is 25.4 Å². The molecule has 0 fully saturated rings. The lowest BCUT2D eigenvalue weighted by Crippen LogP contribution is -2.12. The number of hydrogen-bond acceptors (Lipinski definition) is 4. The Morgan fingerprint density at radius 3 is 2.85 bits per heavy atom. The summed E-state index contributed by atoms with van der Waals surface area (Å²) in [6.45, 7) is 0. The van der Waals surface area contributed by atoms with Crippen molar-refractivity contribution in [2.75, 3.05) is 12.4 Å². The molecule has 0 aliphatic rings. The molecule has 0 saturated carbocycles. The van der Waals surface area contributed by atoms with E-state index >= 15 is 0 Å². The van der Waals surface area contributed by atoms with Crippen LogP contribution in [0.15, 0.2) is 71.6 Å². The number of amides is 1. The van der Waals surface area contributed by atoms with Crippen LogP contribution in [-0.2, 0) is 0 Å². The number of benzene rings is 2. The van der Waals surface area contributed by atoms with Gasteiger partial charge in [0.05, 0.1) is 18.5 Å². The second kappa shape index (κ2) is 7.20.